The topological polar surface area (TPSA) is 65.6 Å². The Labute approximate surface area is 148 Å². The number of hydrogen-bond donors (Lipinski definition) is 0. The summed E-state index contributed by atoms with van der Waals surface area (Å²) in [6.07, 6.45) is 6.53. The van der Waals surface area contributed by atoms with Crippen molar-refractivity contribution in [3.05, 3.63) is 95.2 Å². The quantitative estimate of drug-likeness (QED) is 0.569. The minimum Gasteiger partial charge on any atom is -0.265 e. The van der Waals surface area contributed by atoms with Crippen molar-refractivity contribution in [3.8, 4) is 17.1 Å². The first-order valence-electron chi connectivity index (χ1n) is 7.97. The van der Waals surface area contributed by atoms with Crippen LogP contribution in [0.4, 0.5) is 4.39 Å². The zero-order valence-electron chi connectivity index (χ0n) is 13.7. The fourth-order valence-corrected chi connectivity index (χ4v) is 2.72. The van der Waals surface area contributed by atoms with Crippen molar-refractivity contribution < 1.29 is 4.39 Å². The van der Waals surface area contributed by atoms with Crippen molar-refractivity contribution in [1.82, 2.24) is 24.3 Å². The van der Waals surface area contributed by atoms with Crippen LogP contribution in [0.2, 0.25) is 0 Å². The molecule has 0 aliphatic heterocycles. The Bertz CT molecular complexity index is 1090. The molecule has 4 rings (SSSR count). The number of aromatic nitrogens is 5. The summed E-state index contributed by atoms with van der Waals surface area (Å²) in [7, 11) is 0. The van der Waals surface area contributed by atoms with Gasteiger partial charge in [-0.2, -0.15) is 0 Å². The lowest BCUT2D eigenvalue weighted by Gasteiger charge is -2.05. The summed E-state index contributed by atoms with van der Waals surface area (Å²) < 4.78 is 16.5. The maximum Gasteiger partial charge on any atom is 0.351 e. The van der Waals surface area contributed by atoms with Gasteiger partial charge in [-0.05, 0) is 35.9 Å². The van der Waals surface area contributed by atoms with E-state index in [4.69, 9.17) is 0 Å². The molecule has 0 radical (unpaired) electrons. The minimum absolute atomic E-state index is 0.271. The summed E-state index contributed by atoms with van der Waals surface area (Å²) in [4.78, 5) is 21.0. The van der Waals surface area contributed by atoms with E-state index in [0.29, 0.717) is 17.1 Å². The van der Waals surface area contributed by atoms with E-state index in [1.807, 2.05) is 6.07 Å². The average Bonchev–Trinajstić information content (AvgIpc) is 3.00. The number of halogens is 1. The van der Waals surface area contributed by atoms with Crippen LogP contribution in [0.25, 0.3) is 17.1 Å². The van der Waals surface area contributed by atoms with Crippen LogP contribution in [0, 0.1) is 5.82 Å². The van der Waals surface area contributed by atoms with Gasteiger partial charge in [-0.15, -0.1) is 5.10 Å². The number of pyridine rings is 2. The van der Waals surface area contributed by atoms with Gasteiger partial charge in [0.15, 0.2) is 5.82 Å². The lowest BCUT2D eigenvalue weighted by molar-refractivity contribution is 0.628. The molecule has 1 aromatic carbocycles. The van der Waals surface area contributed by atoms with E-state index in [1.54, 1.807) is 55.1 Å². The van der Waals surface area contributed by atoms with Crippen LogP contribution < -0.4 is 5.69 Å². The van der Waals surface area contributed by atoms with Gasteiger partial charge in [-0.25, -0.2) is 18.4 Å². The van der Waals surface area contributed by atoms with Crippen LogP contribution in [0.3, 0.4) is 0 Å². The second-order valence-corrected chi connectivity index (χ2v) is 5.68. The van der Waals surface area contributed by atoms with Crippen LogP contribution in [-0.2, 0) is 6.54 Å². The molecule has 3 aromatic heterocycles. The van der Waals surface area contributed by atoms with Crippen LogP contribution in [0.5, 0.6) is 0 Å². The number of hydrogen-bond acceptors (Lipinski definition) is 4. The molecule has 0 bridgehead atoms. The van der Waals surface area contributed by atoms with Crippen LogP contribution >= 0.6 is 0 Å². The summed E-state index contributed by atoms with van der Waals surface area (Å²) >= 11 is 0. The van der Waals surface area contributed by atoms with Gasteiger partial charge in [-0.1, -0.05) is 18.2 Å². The van der Waals surface area contributed by atoms with Gasteiger partial charge in [0.25, 0.3) is 0 Å². The summed E-state index contributed by atoms with van der Waals surface area (Å²) in [6.45, 7) is 0.271. The lowest BCUT2D eigenvalue weighted by atomic mass is 10.2. The molecule has 0 saturated heterocycles. The summed E-state index contributed by atoms with van der Waals surface area (Å²) in [5, 5.41) is 4.45. The second kappa shape index (κ2) is 6.72. The highest BCUT2D eigenvalue weighted by Gasteiger charge is 2.17. The van der Waals surface area contributed by atoms with E-state index < -0.39 is 5.82 Å². The highest BCUT2D eigenvalue weighted by Crippen LogP contribution is 2.20. The smallest absolute Gasteiger partial charge is 0.265 e. The molecule has 0 unspecified atom stereocenters. The molecule has 26 heavy (non-hydrogen) atoms. The number of benzene rings is 1. The fourth-order valence-electron chi connectivity index (χ4n) is 2.72. The zero-order valence-corrected chi connectivity index (χ0v) is 13.7. The van der Waals surface area contributed by atoms with E-state index in [0.717, 1.165) is 5.56 Å². The first kappa shape index (κ1) is 15.9. The van der Waals surface area contributed by atoms with Crippen LogP contribution in [0.1, 0.15) is 5.56 Å². The molecule has 0 fully saturated rings. The second-order valence-electron chi connectivity index (χ2n) is 5.68. The molecular formula is C19H14FN5O. The third kappa shape index (κ3) is 3.02. The summed E-state index contributed by atoms with van der Waals surface area (Å²) in [5.41, 5.74) is 1.66. The third-order valence-corrected chi connectivity index (χ3v) is 3.90. The molecule has 7 heteroatoms. The Morgan fingerprint density at radius 1 is 0.962 bits per heavy atom. The van der Waals surface area contributed by atoms with Crippen molar-refractivity contribution in [2.45, 2.75) is 6.54 Å². The molecule has 0 aliphatic rings. The SMILES string of the molecule is O=c1n(Cc2cccnc2)nc(-c2cccc(F)c2)n1-c1ccncc1. The molecule has 0 aliphatic carbocycles. The van der Waals surface area contributed by atoms with Gasteiger partial charge in [0, 0.05) is 30.4 Å². The summed E-state index contributed by atoms with van der Waals surface area (Å²) in [5.74, 6) is -0.0253. The van der Waals surface area contributed by atoms with Crippen LogP contribution in [0.15, 0.2) is 78.1 Å². The third-order valence-electron chi connectivity index (χ3n) is 3.90. The molecule has 0 saturated carbocycles. The number of nitrogens with zero attached hydrogens (tertiary/aromatic N) is 5. The van der Waals surface area contributed by atoms with Crippen molar-refractivity contribution in [1.29, 1.82) is 0 Å². The molecule has 0 amide bonds. The van der Waals surface area contributed by atoms with Gasteiger partial charge in [0.2, 0.25) is 0 Å². The van der Waals surface area contributed by atoms with Gasteiger partial charge in [0.05, 0.1) is 12.2 Å². The Kier molecular flexibility index (Phi) is 4.10. The van der Waals surface area contributed by atoms with Gasteiger partial charge in [-0.3, -0.25) is 9.97 Å². The zero-order chi connectivity index (χ0) is 17.9. The minimum atomic E-state index is -0.391. The largest absolute Gasteiger partial charge is 0.351 e. The maximum atomic E-state index is 13.7. The lowest BCUT2D eigenvalue weighted by Crippen LogP contribution is -2.24. The molecule has 0 N–H and O–H groups in total. The first-order valence-corrected chi connectivity index (χ1v) is 7.97. The molecular weight excluding hydrogens is 333 g/mol. The maximum absolute atomic E-state index is 13.7. The standard InChI is InChI=1S/C19H14FN5O/c20-16-5-1-4-15(11-16)18-23-24(13-14-3-2-8-22-12-14)19(26)25(18)17-6-9-21-10-7-17/h1-12H,13H2. The van der Waals surface area contributed by atoms with E-state index in [1.165, 1.54) is 21.4 Å². The molecule has 4 aromatic rings. The van der Waals surface area contributed by atoms with E-state index in [-0.39, 0.29) is 12.2 Å². The highest BCUT2D eigenvalue weighted by atomic mass is 19.1. The predicted octanol–water partition coefficient (Wildman–Crippen LogP) is 2.68. The van der Waals surface area contributed by atoms with Gasteiger partial charge >= 0.3 is 5.69 Å². The normalized spacial score (nSPS) is 10.8. The Balaban J connectivity index is 1.89. The Hall–Kier alpha value is -3.61. The fraction of sp³-hybridized carbons (Fsp3) is 0.0526. The molecule has 3 heterocycles. The summed E-state index contributed by atoms with van der Waals surface area (Å²) in [6, 6.07) is 13.1. The average molecular weight is 347 g/mol. The van der Waals surface area contributed by atoms with Crippen molar-refractivity contribution >= 4 is 0 Å². The van der Waals surface area contributed by atoms with E-state index in [9.17, 15) is 9.18 Å². The highest BCUT2D eigenvalue weighted by molar-refractivity contribution is 5.58. The molecule has 0 atom stereocenters. The van der Waals surface area contributed by atoms with E-state index in [2.05, 4.69) is 15.1 Å². The monoisotopic (exact) mass is 347 g/mol. The van der Waals surface area contributed by atoms with Crippen molar-refractivity contribution in [2.24, 2.45) is 0 Å². The Morgan fingerprint density at radius 2 is 1.81 bits per heavy atom. The predicted molar refractivity (Wildman–Crippen MR) is 94.4 cm³/mol. The van der Waals surface area contributed by atoms with Crippen LogP contribution in [-0.4, -0.2) is 24.3 Å². The van der Waals surface area contributed by atoms with Gasteiger partial charge < -0.3 is 0 Å². The molecule has 128 valence electrons. The van der Waals surface area contributed by atoms with Gasteiger partial charge in [0.1, 0.15) is 5.82 Å². The number of rotatable bonds is 4. The molecule has 6 nitrogen and oxygen atoms in total. The van der Waals surface area contributed by atoms with Crippen molar-refractivity contribution in [3.63, 3.8) is 0 Å². The molecule has 0 spiro atoms. The Morgan fingerprint density at radius 3 is 2.54 bits per heavy atom. The van der Waals surface area contributed by atoms with Crippen molar-refractivity contribution in [2.75, 3.05) is 0 Å². The van der Waals surface area contributed by atoms with E-state index >= 15 is 0 Å². The first-order chi connectivity index (χ1) is 12.7.